The van der Waals surface area contributed by atoms with Crippen LogP contribution >= 0.6 is 46.2 Å². The summed E-state index contributed by atoms with van der Waals surface area (Å²) in [5.74, 6) is -6.96. The average Bonchev–Trinajstić information content (AvgIpc) is 3.71. The Morgan fingerprint density at radius 2 is 1.98 bits per heavy atom. The van der Waals surface area contributed by atoms with E-state index in [0.717, 1.165) is 66.2 Å². The van der Waals surface area contributed by atoms with E-state index in [0.29, 0.717) is 6.07 Å². The van der Waals surface area contributed by atoms with Crippen LogP contribution in [0.4, 0.5) is 18.3 Å². The van der Waals surface area contributed by atoms with Crippen molar-refractivity contribution in [3.8, 4) is 0 Å². The van der Waals surface area contributed by atoms with Gasteiger partial charge in [-0.25, -0.2) is 18.2 Å². The molecule has 46 heavy (non-hydrogen) atoms. The monoisotopic (exact) mass is 711 g/mol. The summed E-state index contributed by atoms with van der Waals surface area (Å²) in [6, 6.07) is 0.823. The summed E-state index contributed by atoms with van der Waals surface area (Å²) < 4.78 is 41.6. The van der Waals surface area contributed by atoms with Gasteiger partial charge in [-0.3, -0.25) is 19.2 Å². The molecule has 2 aliphatic heterocycles. The molecule has 0 radical (unpaired) electrons. The minimum Gasteiger partial charge on any atom is -0.481 e. The van der Waals surface area contributed by atoms with Gasteiger partial charge >= 0.3 is 5.97 Å². The summed E-state index contributed by atoms with van der Waals surface area (Å²) >= 11 is 3.92. The summed E-state index contributed by atoms with van der Waals surface area (Å²) in [7, 11) is 0. The highest BCUT2D eigenvalue weighted by Gasteiger charge is 2.57. The van der Waals surface area contributed by atoms with Crippen molar-refractivity contribution in [3.63, 3.8) is 0 Å². The molecule has 2 aromatic heterocycles. The van der Waals surface area contributed by atoms with Gasteiger partial charge in [0.15, 0.2) is 33.7 Å². The van der Waals surface area contributed by atoms with E-state index in [1.165, 1.54) is 28.1 Å². The molecule has 3 aliphatic rings. The van der Waals surface area contributed by atoms with Crippen LogP contribution in [0.3, 0.4) is 0 Å². The number of nitrogens with two attached hydrogens (primary N) is 1. The number of amides is 2. The predicted molar refractivity (Wildman–Crippen MR) is 169 cm³/mol. The lowest BCUT2D eigenvalue weighted by atomic mass is 9.87. The molecule has 2 saturated heterocycles. The van der Waals surface area contributed by atoms with Gasteiger partial charge in [-0.1, -0.05) is 23.0 Å². The maximum atomic E-state index is 14.3. The fraction of sp³-hybridized carbons (Fsp3) is 0.357. The molecule has 2 unspecified atom stereocenters. The summed E-state index contributed by atoms with van der Waals surface area (Å²) in [5, 5.41) is 19.2. The average molecular weight is 712 g/mol. The van der Waals surface area contributed by atoms with Crippen molar-refractivity contribution in [2.45, 2.75) is 47.4 Å². The zero-order valence-corrected chi connectivity index (χ0v) is 26.8. The number of benzene rings is 1. The van der Waals surface area contributed by atoms with Crippen molar-refractivity contribution in [2.24, 2.45) is 10.6 Å². The molecule has 1 saturated carbocycles. The molecule has 18 heteroatoms. The fourth-order valence-corrected chi connectivity index (χ4v) is 9.42. The van der Waals surface area contributed by atoms with Gasteiger partial charge in [0.2, 0.25) is 5.91 Å². The van der Waals surface area contributed by atoms with E-state index >= 15 is 0 Å². The van der Waals surface area contributed by atoms with Crippen LogP contribution in [0.1, 0.15) is 31.4 Å². The van der Waals surface area contributed by atoms with E-state index in [-0.39, 0.29) is 49.2 Å². The Balaban J connectivity index is 1.14. The molecule has 4 heterocycles. The van der Waals surface area contributed by atoms with Crippen molar-refractivity contribution < 1.29 is 37.5 Å². The van der Waals surface area contributed by atoms with Gasteiger partial charge in [-0.15, -0.1) is 34.4 Å². The van der Waals surface area contributed by atoms with Gasteiger partial charge in [0.05, 0.1) is 8.91 Å². The zero-order valence-electron chi connectivity index (χ0n) is 23.5. The van der Waals surface area contributed by atoms with Gasteiger partial charge in [-0.2, -0.15) is 0 Å². The molecular formula is C28H24F3N5O6S4. The van der Waals surface area contributed by atoms with Crippen molar-refractivity contribution in [3.05, 3.63) is 62.4 Å². The Labute approximate surface area is 275 Å². The van der Waals surface area contributed by atoms with Crippen LogP contribution < -0.4 is 16.5 Å². The number of β-lactam (4-membered cyclic amide) rings is 1. The van der Waals surface area contributed by atoms with E-state index in [4.69, 9.17) is 10.6 Å². The van der Waals surface area contributed by atoms with Crippen LogP contribution in [-0.4, -0.2) is 68.3 Å². The molecule has 1 aliphatic carbocycles. The molecule has 0 spiro atoms. The predicted octanol–water partition coefficient (Wildman–Crippen LogP) is 4.16. The lowest BCUT2D eigenvalue weighted by Gasteiger charge is -2.53. The SMILES string of the molecule is Nc1nc(C(=NOC2CCCC2)C(=O)NC2C(=O)N3CC(C=CSc4cc(=O)c5cc(F)c(F)c(F)c5s4)(C(=O)O)CS[C@H]23)cs1. The first kappa shape index (κ1) is 32.3. The van der Waals surface area contributed by atoms with E-state index in [2.05, 4.69) is 15.5 Å². The molecule has 242 valence electrons. The van der Waals surface area contributed by atoms with Crippen LogP contribution in [0.15, 0.2) is 43.2 Å². The second-order valence-electron chi connectivity index (χ2n) is 10.8. The van der Waals surface area contributed by atoms with Crippen LogP contribution in [0.5, 0.6) is 0 Å². The number of carbonyl (C=O) groups excluding carboxylic acids is 2. The lowest BCUT2D eigenvalue weighted by molar-refractivity contribution is -0.156. The van der Waals surface area contributed by atoms with Gasteiger partial charge in [0, 0.05) is 29.1 Å². The topological polar surface area (TPSA) is 164 Å². The maximum Gasteiger partial charge on any atom is 0.316 e. The Bertz CT molecular complexity index is 1860. The van der Waals surface area contributed by atoms with Crippen molar-refractivity contribution in [2.75, 3.05) is 18.0 Å². The van der Waals surface area contributed by atoms with E-state index in [1.54, 1.807) is 5.38 Å². The number of nitrogens with zero attached hydrogens (tertiary/aromatic N) is 3. The molecule has 3 aromatic rings. The number of rotatable bonds is 9. The van der Waals surface area contributed by atoms with Crippen LogP contribution in [0.25, 0.3) is 10.1 Å². The van der Waals surface area contributed by atoms with E-state index in [9.17, 15) is 37.5 Å². The van der Waals surface area contributed by atoms with E-state index < -0.39 is 57.5 Å². The van der Waals surface area contributed by atoms with Crippen LogP contribution in [0.2, 0.25) is 0 Å². The normalized spacial score (nSPS) is 23.5. The van der Waals surface area contributed by atoms with Crippen LogP contribution in [0, 0.1) is 22.9 Å². The quantitative estimate of drug-likeness (QED) is 0.0966. The number of thiazole rings is 1. The number of carboxylic acids is 1. The highest BCUT2D eigenvalue weighted by atomic mass is 32.2. The lowest BCUT2D eigenvalue weighted by Crippen LogP contribution is -2.73. The molecule has 11 nitrogen and oxygen atoms in total. The van der Waals surface area contributed by atoms with Gasteiger partial charge in [0.1, 0.15) is 28.6 Å². The first-order valence-electron chi connectivity index (χ1n) is 13.8. The summed E-state index contributed by atoms with van der Waals surface area (Å²) in [6.07, 6.45) is 4.87. The second kappa shape index (κ2) is 12.9. The molecule has 4 N–H and O–H groups in total. The maximum absolute atomic E-state index is 14.3. The van der Waals surface area contributed by atoms with Gasteiger partial charge in [-0.05, 0) is 37.2 Å². The van der Waals surface area contributed by atoms with Gasteiger partial charge < -0.3 is 25.9 Å². The Morgan fingerprint density at radius 1 is 1.22 bits per heavy atom. The Morgan fingerprint density at radius 3 is 2.67 bits per heavy atom. The molecule has 2 amide bonds. The molecule has 1 aromatic carbocycles. The molecule has 3 fully saturated rings. The number of nitrogens with one attached hydrogen (secondary N) is 1. The number of nitrogen functional groups attached to an aromatic ring is 1. The number of oxime groups is 1. The molecule has 0 bridgehead atoms. The minimum atomic E-state index is -1.69. The molecule has 6 rings (SSSR count). The zero-order chi connectivity index (χ0) is 32.7. The number of thioether (sulfide) groups is 2. The Hall–Kier alpha value is -3.61. The second-order valence-corrected chi connectivity index (χ2v) is 15.1. The summed E-state index contributed by atoms with van der Waals surface area (Å²) in [5.41, 5.74) is 3.61. The minimum absolute atomic E-state index is 0.0433. The number of hydrogen-bond acceptors (Lipinski definition) is 12. The number of aliphatic carboxylic acids is 1. The third-order valence-corrected chi connectivity index (χ3v) is 12.1. The standard InChI is InChI=1S/C28H24F3N5O6S4/c29-14-7-13-16(37)8-17(46-22(13)19(31)18(14)30)43-6-5-28(26(40)41)10-36-24(39)21(25(36)45-11-28)34-23(38)20(15-9-44-27(32)33-15)35-42-12-3-1-2-4-12/h5-9,12,21,25H,1-4,10-11H2,(H2,32,33)(H,34,38)(H,40,41)/t21?,25-,28?/m1/s1. The highest BCUT2D eigenvalue weighted by molar-refractivity contribution is 8.04. The first-order valence-corrected chi connectivity index (χ1v) is 17.5. The number of hydrogen-bond donors (Lipinski definition) is 3. The molecular weight excluding hydrogens is 688 g/mol. The van der Waals surface area contributed by atoms with Crippen LogP contribution in [-0.2, 0) is 19.2 Å². The van der Waals surface area contributed by atoms with Crippen molar-refractivity contribution >= 4 is 84.9 Å². The number of aromatic nitrogens is 1. The third kappa shape index (κ3) is 6.10. The number of halogens is 3. The smallest absolute Gasteiger partial charge is 0.316 e. The largest absolute Gasteiger partial charge is 0.481 e. The molecule has 3 atom stereocenters. The van der Waals surface area contributed by atoms with Crippen molar-refractivity contribution in [1.82, 2.24) is 15.2 Å². The van der Waals surface area contributed by atoms with Gasteiger partial charge in [0.25, 0.3) is 5.91 Å². The number of carboxylic acid groups (broad SMARTS) is 1. The fourth-order valence-electron chi connectivity index (χ4n) is 5.29. The van der Waals surface area contributed by atoms with Crippen molar-refractivity contribution in [1.29, 1.82) is 0 Å². The number of carbonyl (C=O) groups is 3. The highest BCUT2D eigenvalue weighted by Crippen LogP contribution is 2.44. The summed E-state index contributed by atoms with van der Waals surface area (Å²) in [6.45, 7) is -0.191. The first-order chi connectivity index (χ1) is 22.0. The number of anilines is 1. The third-order valence-electron chi connectivity index (χ3n) is 7.80. The Kier molecular flexibility index (Phi) is 9.06. The summed E-state index contributed by atoms with van der Waals surface area (Å²) in [4.78, 5) is 62.4. The van der Waals surface area contributed by atoms with E-state index in [1.807, 2.05) is 0 Å². The number of fused-ring (bicyclic) bond motifs is 2.